The summed E-state index contributed by atoms with van der Waals surface area (Å²) in [7, 11) is -3.56. The normalized spacial score (nSPS) is 11.8. The second kappa shape index (κ2) is 6.17. The third-order valence-corrected chi connectivity index (χ3v) is 3.93. The summed E-state index contributed by atoms with van der Waals surface area (Å²) < 4.78 is 27.9. The highest BCUT2D eigenvalue weighted by Crippen LogP contribution is 2.09. The molecule has 20 heavy (non-hydrogen) atoms. The Hall–Kier alpha value is -1.70. The molecule has 2 rings (SSSR count). The zero-order valence-electron chi connectivity index (χ0n) is 11.1. The molecule has 0 unspecified atom stereocenters. The van der Waals surface area contributed by atoms with Crippen molar-refractivity contribution in [2.75, 3.05) is 6.54 Å². The number of hydrogen-bond acceptors (Lipinski definition) is 3. The Morgan fingerprint density at radius 2 is 1.95 bits per heavy atom. The molecule has 0 atom stereocenters. The predicted octanol–water partition coefficient (Wildman–Crippen LogP) is 0.862. The van der Waals surface area contributed by atoms with E-state index < -0.39 is 10.2 Å². The van der Waals surface area contributed by atoms with Gasteiger partial charge in [0.05, 0.1) is 0 Å². The fourth-order valence-electron chi connectivity index (χ4n) is 1.78. The maximum Gasteiger partial charge on any atom is 0.277 e. The van der Waals surface area contributed by atoms with Crippen molar-refractivity contribution in [3.63, 3.8) is 0 Å². The van der Waals surface area contributed by atoms with E-state index in [1.54, 1.807) is 12.1 Å². The predicted molar refractivity (Wildman–Crippen MR) is 78.6 cm³/mol. The van der Waals surface area contributed by atoms with E-state index in [2.05, 4.69) is 14.4 Å². The van der Waals surface area contributed by atoms with Gasteiger partial charge in [-0.3, -0.25) is 4.79 Å². The number of para-hydroxylation sites is 1. The van der Waals surface area contributed by atoms with E-state index in [9.17, 15) is 13.2 Å². The largest absolute Gasteiger partial charge is 0.322 e. The monoisotopic (exact) mass is 295 g/mol. The maximum atomic E-state index is 11.9. The van der Waals surface area contributed by atoms with Gasteiger partial charge < -0.3 is 4.98 Å². The summed E-state index contributed by atoms with van der Waals surface area (Å²) in [6, 6.07) is 9.04. The highest BCUT2D eigenvalue weighted by molar-refractivity contribution is 7.87. The van der Waals surface area contributed by atoms with Crippen molar-refractivity contribution in [1.82, 2.24) is 14.4 Å². The van der Waals surface area contributed by atoms with Gasteiger partial charge in [-0.2, -0.15) is 13.1 Å². The van der Waals surface area contributed by atoms with Crippen molar-refractivity contribution in [2.45, 2.75) is 19.9 Å². The second-order valence-electron chi connectivity index (χ2n) is 4.43. The van der Waals surface area contributed by atoms with Crippen LogP contribution < -0.4 is 15.0 Å². The molecular formula is C13H17N3O3S. The van der Waals surface area contributed by atoms with Crippen LogP contribution in [0.25, 0.3) is 10.9 Å². The van der Waals surface area contributed by atoms with Crippen molar-refractivity contribution in [3.05, 3.63) is 46.2 Å². The molecule has 0 amide bonds. The van der Waals surface area contributed by atoms with Crippen LogP contribution >= 0.6 is 0 Å². The maximum absolute atomic E-state index is 11.9. The summed E-state index contributed by atoms with van der Waals surface area (Å²) in [6.45, 7) is 2.19. The number of rotatable bonds is 6. The van der Waals surface area contributed by atoms with Gasteiger partial charge in [0.2, 0.25) is 0 Å². The molecule has 7 heteroatoms. The Kier molecular flexibility index (Phi) is 4.53. The highest BCUT2D eigenvalue weighted by atomic mass is 32.2. The zero-order valence-corrected chi connectivity index (χ0v) is 12.0. The SMILES string of the molecule is CCCNS(=O)(=O)NCc1cc2ccccc2[nH]c1=O. The lowest BCUT2D eigenvalue weighted by Crippen LogP contribution is -2.37. The number of aromatic nitrogens is 1. The number of hydrogen-bond donors (Lipinski definition) is 3. The quantitative estimate of drug-likeness (QED) is 0.738. The lowest BCUT2D eigenvalue weighted by Gasteiger charge is -2.07. The molecule has 0 spiro atoms. The molecule has 0 fully saturated rings. The van der Waals surface area contributed by atoms with E-state index in [-0.39, 0.29) is 12.1 Å². The molecule has 0 aliphatic heterocycles. The van der Waals surface area contributed by atoms with Gasteiger partial charge in [0.25, 0.3) is 15.8 Å². The van der Waals surface area contributed by atoms with E-state index >= 15 is 0 Å². The Morgan fingerprint density at radius 3 is 2.70 bits per heavy atom. The molecule has 0 radical (unpaired) electrons. The van der Waals surface area contributed by atoms with Crippen molar-refractivity contribution >= 4 is 21.1 Å². The Bertz CT molecular complexity index is 753. The molecule has 0 aliphatic carbocycles. The molecule has 1 aromatic carbocycles. The third kappa shape index (κ3) is 3.66. The molecule has 0 aliphatic rings. The smallest absolute Gasteiger partial charge is 0.277 e. The number of H-pyrrole nitrogens is 1. The topological polar surface area (TPSA) is 91.1 Å². The number of aromatic amines is 1. The summed E-state index contributed by atoms with van der Waals surface area (Å²) in [6.07, 6.45) is 0.706. The van der Waals surface area contributed by atoms with Gasteiger partial charge in [0, 0.05) is 24.2 Å². The molecule has 0 saturated heterocycles. The van der Waals surface area contributed by atoms with Crippen LogP contribution in [0.3, 0.4) is 0 Å². The lowest BCUT2D eigenvalue weighted by molar-refractivity contribution is 0.565. The van der Waals surface area contributed by atoms with Gasteiger partial charge in [-0.25, -0.2) is 4.72 Å². The molecule has 1 aromatic heterocycles. The van der Waals surface area contributed by atoms with Crippen molar-refractivity contribution < 1.29 is 8.42 Å². The molecule has 0 bridgehead atoms. The average molecular weight is 295 g/mol. The van der Waals surface area contributed by atoms with Gasteiger partial charge in [-0.05, 0) is 23.9 Å². The van der Waals surface area contributed by atoms with Crippen LogP contribution in [0.2, 0.25) is 0 Å². The second-order valence-corrected chi connectivity index (χ2v) is 6.01. The zero-order chi connectivity index (χ0) is 14.6. The molecule has 3 N–H and O–H groups in total. The molecule has 108 valence electrons. The van der Waals surface area contributed by atoms with Gasteiger partial charge >= 0.3 is 0 Å². The van der Waals surface area contributed by atoms with Crippen molar-refractivity contribution in [3.8, 4) is 0 Å². The number of pyridine rings is 1. The minimum Gasteiger partial charge on any atom is -0.322 e. The summed E-state index contributed by atoms with van der Waals surface area (Å²) in [5.41, 5.74) is 0.820. The van der Waals surface area contributed by atoms with Crippen molar-refractivity contribution in [2.24, 2.45) is 0 Å². The number of fused-ring (bicyclic) bond motifs is 1. The summed E-state index contributed by atoms with van der Waals surface area (Å²) in [5.74, 6) is 0. The van der Waals surface area contributed by atoms with Crippen LogP contribution in [0.5, 0.6) is 0 Å². The molecular weight excluding hydrogens is 278 g/mol. The van der Waals surface area contributed by atoms with Crippen LogP contribution in [0, 0.1) is 0 Å². The number of nitrogens with one attached hydrogen (secondary N) is 3. The van der Waals surface area contributed by atoms with E-state index in [1.165, 1.54) is 0 Å². The van der Waals surface area contributed by atoms with Gasteiger partial charge in [-0.1, -0.05) is 25.1 Å². The highest BCUT2D eigenvalue weighted by Gasteiger charge is 2.10. The Labute approximate surface area is 117 Å². The van der Waals surface area contributed by atoms with E-state index in [0.29, 0.717) is 18.5 Å². The summed E-state index contributed by atoms with van der Waals surface area (Å²) in [5, 5.41) is 0.864. The fraction of sp³-hybridized carbons (Fsp3) is 0.308. The van der Waals surface area contributed by atoms with Gasteiger partial charge in [0.15, 0.2) is 0 Å². The minimum atomic E-state index is -3.56. The van der Waals surface area contributed by atoms with Crippen LogP contribution in [-0.2, 0) is 16.8 Å². The first-order valence-corrected chi connectivity index (χ1v) is 7.85. The lowest BCUT2D eigenvalue weighted by atomic mass is 10.1. The Morgan fingerprint density at radius 1 is 1.20 bits per heavy atom. The number of benzene rings is 1. The van der Waals surface area contributed by atoms with E-state index in [0.717, 1.165) is 10.9 Å². The van der Waals surface area contributed by atoms with Crippen LogP contribution in [0.15, 0.2) is 35.1 Å². The third-order valence-electron chi connectivity index (χ3n) is 2.83. The minimum absolute atomic E-state index is 0.0424. The average Bonchev–Trinajstić information content (AvgIpc) is 2.43. The van der Waals surface area contributed by atoms with Crippen LogP contribution in [0.1, 0.15) is 18.9 Å². The first-order chi connectivity index (χ1) is 9.52. The van der Waals surface area contributed by atoms with Crippen LogP contribution in [0.4, 0.5) is 0 Å². The molecule has 0 saturated carbocycles. The van der Waals surface area contributed by atoms with Crippen molar-refractivity contribution in [1.29, 1.82) is 0 Å². The van der Waals surface area contributed by atoms with E-state index in [4.69, 9.17) is 0 Å². The Balaban J connectivity index is 2.18. The van der Waals surface area contributed by atoms with Crippen LogP contribution in [-0.4, -0.2) is 19.9 Å². The first kappa shape index (κ1) is 14.7. The summed E-state index contributed by atoms with van der Waals surface area (Å²) in [4.78, 5) is 14.6. The first-order valence-electron chi connectivity index (χ1n) is 6.37. The fourth-order valence-corrected chi connectivity index (χ4v) is 2.70. The molecule has 1 heterocycles. The van der Waals surface area contributed by atoms with E-state index in [1.807, 2.05) is 25.1 Å². The molecule has 6 nitrogen and oxygen atoms in total. The summed E-state index contributed by atoms with van der Waals surface area (Å²) >= 11 is 0. The van der Waals surface area contributed by atoms with Gasteiger partial charge in [0.1, 0.15) is 0 Å². The standard InChI is InChI=1S/C13H17N3O3S/c1-2-7-14-20(18,19)15-9-11-8-10-5-3-4-6-12(10)16-13(11)17/h3-6,8,14-15H,2,7,9H2,1H3,(H,16,17). The molecule has 2 aromatic rings. The van der Waals surface area contributed by atoms with Gasteiger partial charge in [-0.15, -0.1) is 0 Å².